The average Bonchev–Trinajstić information content (AvgIpc) is 2.92. The predicted octanol–water partition coefficient (Wildman–Crippen LogP) is 3.29. The average molecular weight is 314 g/mol. The maximum absolute atomic E-state index is 11.6. The van der Waals surface area contributed by atoms with Gasteiger partial charge in [-0.3, -0.25) is 0 Å². The van der Waals surface area contributed by atoms with Gasteiger partial charge >= 0.3 is 5.97 Å². The van der Waals surface area contributed by atoms with Crippen molar-refractivity contribution in [2.75, 3.05) is 7.11 Å². The minimum atomic E-state index is -0.491. The highest BCUT2D eigenvalue weighted by Gasteiger charge is 2.13. The SMILES string of the molecule is COc1ccc(Cn2cnc(C=CC(=O)OC(C)(C)C)c2)cc1. The number of benzene rings is 1. The van der Waals surface area contributed by atoms with Gasteiger partial charge in [-0.15, -0.1) is 0 Å². The number of rotatable bonds is 5. The molecule has 122 valence electrons. The highest BCUT2D eigenvalue weighted by atomic mass is 16.6. The monoisotopic (exact) mass is 314 g/mol. The molecular formula is C18H22N2O3. The largest absolute Gasteiger partial charge is 0.497 e. The first-order valence-electron chi connectivity index (χ1n) is 7.41. The summed E-state index contributed by atoms with van der Waals surface area (Å²) in [7, 11) is 1.65. The minimum Gasteiger partial charge on any atom is -0.497 e. The third-order valence-corrected chi connectivity index (χ3v) is 2.97. The zero-order chi connectivity index (χ0) is 16.9. The topological polar surface area (TPSA) is 53.4 Å². The summed E-state index contributed by atoms with van der Waals surface area (Å²) < 4.78 is 12.3. The van der Waals surface area contributed by atoms with E-state index in [-0.39, 0.29) is 5.97 Å². The molecule has 1 aromatic carbocycles. The molecule has 0 N–H and O–H groups in total. The number of esters is 1. The van der Waals surface area contributed by atoms with E-state index >= 15 is 0 Å². The maximum Gasteiger partial charge on any atom is 0.331 e. The molecule has 0 aliphatic heterocycles. The molecule has 23 heavy (non-hydrogen) atoms. The van der Waals surface area contributed by atoms with Crippen molar-refractivity contribution in [3.05, 3.63) is 54.1 Å². The summed E-state index contributed by atoms with van der Waals surface area (Å²) in [4.78, 5) is 15.9. The second kappa shape index (κ2) is 7.13. The van der Waals surface area contributed by atoms with Crippen LogP contribution >= 0.6 is 0 Å². The first kappa shape index (κ1) is 16.8. The van der Waals surface area contributed by atoms with Crippen molar-refractivity contribution in [2.45, 2.75) is 32.9 Å². The van der Waals surface area contributed by atoms with Crippen LogP contribution in [0.1, 0.15) is 32.0 Å². The number of carbonyl (C=O) groups is 1. The number of hydrogen-bond acceptors (Lipinski definition) is 4. The quantitative estimate of drug-likeness (QED) is 0.628. The number of imidazole rings is 1. The van der Waals surface area contributed by atoms with E-state index in [9.17, 15) is 4.79 Å². The summed E-state index contributed by atoms with van der Waals surface area (Å²) in [6.07, 6.45) is 6.66. The summed E-state index contributed by atoms with van der Waals surface area (Å²) in [5, 5.41) is 0. The van der Waals surface area contributed by atoms with Gasteiger partial charge in [-0.1, -0.05) is 12.1 Å². The molecular weight excluding hydrogens is 292 g/mol. The van der Waals surface area contributed by atoms with Crippen molar-refractivity contribution in [2.24, 2.45) is 0 Å². The van der Waals surface area contributed by atoms with Gasteiger partial charge in [0.05, 0.1) is 19.1 Å². The van der Waals surface area contributed by atoms with Crippen LogP contribution in [-0.2, 0) is 16.1 Å². The molecule has 1 heterocycles. The van der Waals surface area contributed by atoms with E-state index in [0.29, 0.717) is 12.2 Å². The van der Waals surface area contributed by atoms with Gasteiger partial charge in [-0.2, -0.15) is 0 Å². The highest BCUT2D eigenvalue weighted by Crippen LogP contribution is 2.13. The van der Waals surface area contributed by atoms with E-state index in [1.165, 1.54) is 6.08 Å². The first-order chi connectivity index (χ1) is 10.9. The molecule has 2 aromatic rings. The van der Waals surface area contributed by atoms with Crippen molar-refractivity contribution in [1.82, 2.24) is 9.55 Å². The maximum atomic E-state index is 11.6. The van der Waals surface area contributed by atoms with Gasteiger partial charge in [0, 0.05) is 18.8 Å². The molecule has 0 spiro atoms. The fourth-order valence-electron chi connectivity index (χ4n) is 1.98. The van der Waals surface area contributed by atoms with Crippen LogP contribution < -0.4 is 4.74 Å². The Morgan fingerprint density at radius 2 is 1.96 bits per heavy atom. The lowest BCUT2D eigenvalue weighted by Crippen LogP contribution is -2.22. The Balaban J connectivity index is 1.96. The molecule has 0 unspecified atom stereocenters. The van der Waals surface area contributed by atoms with Gasteiger partial charge in [0.25, 0.3) is 0 Å². The van der Waals surface area contributed by atoms with Crippen LogP contribution in [0.4, 0.5) is 0 Å². The lowest BCUT2D eigenvalue weighted by atomic mass is 10.2. The number of methoxy groups -OCH3 is 1. The molecule has 0 amide bonds. The van der Waals surface area contributed by atoms with Crippen LogP contribution in [0.25, 0.3) is 6.08 Å². The van der Waals surface area contributed by atoms with E-state index in [1.807, 2.05) is 55.8 Å². The van der Waals surface area contributed by atoms with Crippen LogP contribution in [0.15, 0.2) is 42.9 Å². The fraction of sp³-hybridized carbons (Fsp3) is 0.333. The fourth-order valence-corrected chi connectivity index (χ4v) is 1.98. The Kier molecular flexibility index (Phi) is 5.21. The van der Waals surface area contributed by atoms with Crippen LogP contribution in [0, 0.1) is 0 Å². The molecule has 0 aliphatic carbocycles. The second-order valence-electron chi connectivity index (χ2n) is 6.19. The van der Waals surface area contributed by atoms with Gasteiger partial charge < -0.3 is 14.0 Å². The predicted molar refractivity (Wildman–Crippen MR) is 89.2 cm³/mol. The highest BCUT2D eigenvalue weighted by molar-refractivity contribution is 5.86. The van der Waals surface area contributed by atoms with E-state index in [0.717, 1.165) is 11.3 Å². The van der Waals surface area contributed by atoms with Gasteiger partial charge in [0.2, 0.25) is 0 Å². The molecule has 0 aliphatic rings. The third kappa shape index (κ3) is 5.62. The van der Waals surface area contributed by atoms with Crippen LogP contribution in [0.5, 0.6) is 5.75 Å². The Morgan fingerprint density at radius 1 is 1.26 bits per heavy atom. The molecule has 1 aromatic heterocycles. The molecule has 0 saturated heterocycles. The summed E-state index contributed by atoms with van der Waals surface area (Å²) in [6, 6.07) is 7.87. The summed E-state index contributed by atoms with van der Waals surface area (Å²) >= 11 is 0. The molecule has 0 saturated carbocycles. The minimum absolute atomic E-state index is 0.373. The van der Waals surface area contributed by atoms with Crippen molar-refractivity contribution >= 4 is 12.0 Å². The lowest BCUT2D eigenvalue weighted by molar-refractivity contribution is -0.148. The number of ether oxygens (including phenoxy) is 2. The van der Waals surface area contributed by atoms with Gasteiger partial charge in [0.15, 0.2) is 0 Å². The Bertz CT molecular complexity index is 679. The smallest absolute Gasteiger partial charge is 0.331 e. The van der Waals surface area contributed by atoms with Crippen molar-refractivity contribution in [3.8, 4) is 5.75 Å². The number of nitrogens with zero attached hydrogens (tertiary/aromatic N) is 2. The number of hydrogen-bond donors (Lipinski definition) is 0. The third-order valence-electron chi connectivity index (χ3n) is 2.97. The van der Waals surface area contributed by atoms with Gasteiger partial charge in [-0.05, 0) is 44.5 Å². The molecule has 0 bridgehead atoms. The van der Waals surface area contributed by atoms with E-state index in [1.54, 1.807) is 19.5 Å². The first-order valence-corrected chi connectivity index (χ1v) is 7.41. The lowest BCUT2D eigenvalue weighted by Gasteiger charge is -2.17. The van der Waals surface area contributed by atoms with Crippen LogP contribution in [0.3, 0.4) is 0 Å². The zero-order valence-corrected chi connectivity index (χ0v) is 13.9. The normalized spacial score (nSPS) is 11.7. The standard InChI is InChI=1S/C18H22N2O3/c1-18(2,3)23-17(21)10-7-15-12-20(13-19-15)11-14-5-8-16(22-4)9-6-14/h5-10,12-13H,11H2,1-4H3. The molecule has 5 heteroatoms. The van der Waals surface area contributed by atoms with E-state index in [4.69, 9.17) is 9.47 Å². The number of carbonyl (C=O) groups excluding carboxylic acids is 1. The molecule has 0 atom stereocenters. The van der Waals surface area contributed by atoms with Crippen molar-refractivity contribution in [3.63, 3.8) is 0 Å². The van der Waals surface area contributed by atoms with Gasteiger partial charge in [0.1, 0.15) is 11.4 Å². The van der Waals surface area contributed by atoms with Crippen molar-refractivity contribution < 1.29 is 14.3 Å². The molecule has 0 radical (unpaired) electrons. The molecule has 0 fully saturated rings. The van der Waals surface area contributed by atoms with Crippen LogP contribution in [0.2, 0.25) is 0 Å². The Labute approximate surface area is 136 Å². The van der Waals surface area contributed by atoms with Gasteiger partial charge in [-0.25, -0.2) is 9.78 Å². The Morgan fingerprint density at radius 3 is 2.57 bits per heavy atom. The second-order valence-corrected chi connectivity index (χ2v) is 6.19. The number of aromatic nitrogens is 2. The van der Waals surface area contributed by atoms with E-state index in [2.05, 4.69) is 4.98 Å². The zero-order valence-electron chi connectivity index (χ0n) is 13.9. The molecule has 2 rings (SSSR count). The van der Waals surface area contributed by atoms with E-state index < -0.39 is 5.60 Å². The summed E-state index contributed by atoms with van der Waals surface area (Å²) in [6.45, 7) is 6.21. The summed E-state index contributed by atoms with van der Waals surface area (Å²) in [5.74, 6) is 0.461. The van der Waals surface area contributed by atoms with Crippen LogP contribution in [-0.4, -0.2) is 28.2 Å². The Hall–Kier alpha value is -2.56. The van der Waals surface area contributed by atoms with Crippen molar-refractivity contribution in [1.29, 1.82) is 0 Å². The summed E-state index contributed by atoms with van der Waals surface area (Å²) in [5.41, 5.74) is 1.37. The molecule has 5 nitrogen and oxygen atoms in total.